The van der Waals surface area contributed by atoms with Gasteiger partial charge in [0.1, 0.15) is 0 Å². The first-order chi connectivity index (χ1) is 70.6. The number of hydrogen-bond donors (Lipinski definition) is 0. The van der Waals surface area contributed by atoms with Crippen LogP contribution in [-0.4, -0.2) is 0 Å². The Labute approximate surface area is 845 Å². The van der Waals surface area contributed by atoms with Crippen LogP contribution in [0.2, 0.25) is 0 Å². The highest BCUT2D eigenvalue weighted by molar-refractivity contribution is 6.33. The average Bonchev–Trinajstić information content (AvgIpc) is 0.691. The zero-order valence-electron chi connectivity index (χ0n) is 82.8. The second-order valence-electron chi connectivity index (χ2n) is 41.5. The van der Waals surface area contributed by atoms with E-state index >= 15 is 0 Å². The summed E-state index contributed by atoms with van der Waals surface area (Å²) in [5, 5.41) is 21.0. The summed E-state index contributed by atoms with van der Waals surface area (Å²) in [5.74, 6) is 0.544. The third kappa shape index (κ3) is 15.6. The highest BCUT2D eigenvalue weighted by Gasteiger charge is 2.38. The van der Waals surface area contributed by atoms with Gasteiger partial charge in [-0.25, -0.2) is 0 Å². The number of rotatable bonds is 20. The summed E-state index contributed by atoms with van der Waals surface area (Å²) in [6, 6.07) is 176. The van der Waals surface area contributed by atoms with E-state index in [9.17, 15) is 0 Å². The smallest absolute Gasteiger partial charge is 0.0543 e. The van der Waals surface area contributed by atoms with Crippen LogP contribution >= 0.6 is 0 Å². The quantitative estimate of drug-likeness (QED) is 0.0705. The van der Waals surface area contributed by atoms with E-state index in [-0.39, 0.29) is 22.7 Å². The fourth-order valence-electron chi connectivity index (χ4n) is 23.7. The van der Waals surface area contributed by atoms with Crippen molar-refractivity contribution in [3.8, 4) is 66.8 Å². The molecule has 0 aromatic heterocycles. The monoisotopic (exact) mass is 1850 g/mol. The van der Waals surface area contributed by atoms with Crippen LogP contribution in [0.1, 0.15) is 113 Å². The summed E-state index contributed by atoms with van der Waals surface area (Å²) in [7, 11) is 0. The predicted molar refractivity (Wildman–Crippen MR) is 618 cm³/mol. The van der Waals surface area contributed by atoms with Crippen molar-refractivity contribution in [3.63, 3.8) is 0 Å². The maximum atomic E-state index is 2.60. The molecule has 0 bridgehead atoms. The Bertz CT molecular complexity index is 8730. The molecule has 24 aromatic carbocycles. The predicted octanol–water partition coefficient (Wildman–Crippen LogP) is 40.0. The Morgan fingerprint density at radius 1 is 0.181 bits per heavy atom. The van der Waals surface area contributed by atoms with E-state index in [1.807, 2.05) is 0 Å². The third-order valence-electron chi connectivity index (χ3n) is 31.3. The normalized spacial score (nSPS) is 13.1. The Morgan fingerprint density at radius 2 is 0.417 bits per heavy atom. The van der Waals surface area contributed by atoms with E-state index in [0.29, 0.717) is 0 Å². The molecule has 0 fully saturated rings. The van der Waals surface area contributed by atoms with Crippen LogP contribution in [0.4, 0.5) is 68.2 Å². The first-order valence-corrected chi connectivity index (χ1v) is 51.3. The molecule has 692 valence electrons. The lowest BCUT2D eigenvalue weighted by molar-refractivity contribution is 0.475. The van der Waals surface area contributed by atoms with Gasteiger partial charge in [0.15, 0.2) is 0 Å². The lowest BCUT2D eigenvalue weighted by atomic mass is 9.70. The molecule has 0 aliphatic heterocycles. The Hall–Kier alpha value is -16.9. The van der Waals surface area contributed by atoms with Gasteiger partial charge in [0.05, 0.1) is 34.1 Å². The molecule has 0 radical (unpaired) electrons. The molecule has 0 atom stereocenters. The molecular weight excluding hydrogens is 1740 g/mol. The van der Waals surface area contributed by atoms with Crippen molar-refractivity contribution in [3.05, 3.63) is 507 Å². The van der Waals surface area contributed by atoms with Gasteiger partial charge >= 0.3 is 0 Å². The molecule has 0 saturated heterocycles. The van der Waals surface area contributed by atoms with Crippen molar-refractivity contribution in [2.45, 2.75) is 104 Å². The van der Waals surface area contributed by atoms with Gasteiger partial charge in [0.25, 0.3) is 0 Å². The molecule has 0 saturated carbocycles. The number of anilines is 12. The molecule has 24 aromatic rings. The van der Waals surface area contributed by atoms with E-state index in [1.54, 1.807) is 0 Å². The zero-order valence-corrected chi connectivity index (χ0v) is 82.8. The van der Waals surface area contributed by atoms with Crippen LogP contribution in [0.25, 0.3) is 153 Å². The third-order valence-corrected chi connectivity index (χ3v) is 31.3. The highest BCUT2D eigenvalue weighted by atomic mass is 15.2. The van der Waals surface area contributed by atoms with E-state index in [0.717, 1.165) is 59.8 Å². The molecule has 0 unspecified atom stereocenters. The first-order valence-electron chi connectivity index (χ1n) is 51.3. The molecule has 2 aliphatic rings. The van der Waals surface area contributed by atoms with Gasteiger partial charge in [0.2, 0.25) is 0 Å². The van der Waals surface area contributed by atoms with Crippen molar-refractivity contribution in [2.24, 2.45) is 0 Å². The van der Waals surface area contributed by atoms with E-state index in [2.05, 4.69) is 548 Å². The minimum Gasteiger partial charge on any atom is -0.310 e. The summed E-state index contributed by atoms with van der Waals surface area (Å²) in [4.78, 5) is 10.2. The highest BCUT2D eigenvalue weighted by Crippen LogP contribution is 2.59. The molecule has 0 heterocycles. The van der Waals surface area contributed by atoms with Crippen LogP contribution in [0.5, 0.6) is 0 Å². The topological polar surface area (TPSA) is 13.0 Å². The van der Waals surface area contributed by atoms with Gasteiger partial charge in [0, 0.05) is 77.2 Å². The summed E-state index contributed by atoms with van der Waals surface area (Å²) >= 11 is 0. The van der Waals surface area contributed by atoms with Gasteiger partial charge in [-0.2, -0.15) is 0 Å². The minimum absolute atomic E-state index is 0.0422. The van der Waals surface area contributed by atoms with Crippen molar-refractivity contribution < 1.29 is 0 Å². The first kappa shape index (κ1) is 88.5. The molecule has 144 heavy (non-hydrogen) atoms. The fraction of sp³-hybridized carbons (Fsp3) is 0.114. The van der Waals surface area contributed by atoms with Crippen molar-refractivity contribution in [1.29, 1.82) is 0 Å². The average molecular weight is 1850 g/mol. The lowest BCUT2D eigenvalue weighted by Crippen LogP contribution is -2.24. The van der Waals surface area contributed by atoms with Crippen LogP contribution in [0, 0.1) is 0 Å². The van der Waals surface area contributed by atoms with Gasteiger partial charge in [-0.1, -0.05) is 407 Å². The number of benzene rings is 24. The molecule has 4 nitrogen and oxygen atoms in total. The Balaban J connectivity index is 0.000000151. The zero-order chi connectivity index (χ0) is 97.0. The van der Waals surface area contributed by atoms with E-state index in [4.69, 9.17) is 0 Å². The summed E-state index contributed by atoms with van der Waals surface area (Å²) in [5.41, 5.74) is 36.8. The van der Waals surface area contributed by atoms with Crippen molar-refractivity contribution in [1.82, 2.24) is 0 Å². The minimum atomic E-state index is -0.0466. The molecule has 4 heteroatoms. The molecule has 0 amide bonds. The standard InChI is InChI=1S/C72H58N2.C68H54N2/c1-48(2)64-47-68(74(60-37-29-55(30-38-60)51-21-13-7-14-22-51)61-39-31-56(32-40-61)52-23-15-8-16-24-52)65-46-66-69-57(43-44-72(66,3)4)45-67(63-42-41-62(64)70(65)71(63)69)73(58-33-25-53(26-34-58)49-17-9-5-10-18-49)59-35-27-54(28-36-59)50-19-11-6-12-20-50;1-44(2)58-43-64(70(62-28-16-24-50-22-12-14-26-55(50)62)53-35-31-48(32-36-53)46-19-9-6-10-20-46)59-42-60-65-51(39-40-68(60,3)4)41-63(57-38-37-56(58)66(59)67(57)65)69(61-27-15-23-49-21-11-13-25-54(49)61)52-33-29-47(30-34-52)45-17-7-5-8-18-45/h5-42,45-48H,43-44H2,1-4H3;5-38,41-44H,39-40H2,1-4H3. The van der Waals surface area contributed by atoms with Crippen molar-refractivity contribution in [2.75, 3.05) is 19.6 Å². The second-order valence-corrected chi connectivity index (χ2v) is 41.5. The fourth-order valence-corrected chi connectivity index (χ4v) is 23.7. The van der Waals surface area contributed by atoms with Crippen LogP contribution in [-0.2, 0) is 23.7 Å². The molecule has 0 N–H and O–H groups in total. The van der Waals surface area contributed by atoms with Gasteiger partial charge in [-0.15, -0.1) is 0 Å². The lowest BCUT2D eigenvalue weighted by Gasteiger charge is -2.37. The Kier molecular flexibility index (Phi) is 22.3. The van der Waals surface area contributed by atoms with Crippen LogP contribution in [0.3, 0.4) is 0 Å². The van der Waals surface area contributed by atoms with E-state index in [1.165, 1.54) is 220 Å². The maximum absolute atomic E-state index is 2.60. The summed E-state index contributed by atoms with van der Waals surface area (Å²) in [6.07, 6.45) is 4.14. The largest absolute Gasteiger partial charge is 0.310 e. The van der Waals surface area contributed by atoms with Gasteiger partial charge in [-0.05, 0) is 313 Å². The second kappa shape index (κ2) is 36.3. The number of nitrogens with zero attached hydrogens (tertiary/aromatic N) is 4. The van der Waals surface area contributed by atoms with Gasteiger partial charge in [-0.3, -0.25) is 0 Å². The SMILES string of the molecule is CC(C)c1cc(N(c2ccc(-c3ccccc3)cc2)c2ccc(-c3ccccc3)cc2)c2cc3c4c(cc(N(c5ccc(-c6ccccc6)cc5)c5ccc(-c6ccccc6)cc5)c5ccc1c2c54)CCC3(C)C.CC(C)c1cc(N(c2ccc(-c3ccccc3)cc2)c2cccc3ccccc23)c2cc3c4c(cc(N(c5ccc(-c6ccccc6)cc5)c5cccc6ccccc56)c5ccc1c2c54)CCC3(C)C. The van der Waals surface area contributed by atoms with E-state index < -0.39 is 0 Å². The summed E-state index contributed by atoms with van der Waals surface area (Å²) in [6.45, 7) is 19.3. The van der Waals surface area contributed by atoms with Crippen LogP contribution < -0.4 is 19.6 Å². The Morgan fingerprint density at radius 3 is 0.708 bits per heavy atom. The number of fused-ring (bicyclic) bond motifs is 2. The number of aryl methyl sites for hydroxylation is 2. The van der Waals surface area contributed by atoms with Crippen LogP contribution in [0.15, 0.2) is 473 Å². The van der Waals surface area contributed by atoms with Crippen molar-refractivity contribution >= 4 is 154 Å². The molecular formula is C140H112N4. The molecule has 0 spiro atoms. The summed E-state index contributed by atoms with van der Waals surface area (Å²) < 4.78 is 0. The maximum Gasteiger partial charge on any atom is 0.0543 e. The molecule has 26 rings (SSSR count). The van der Waals surface area contributed by atoms with Gasteiger partial charge < -0.3 is 19.6 Å². The molecule has 2 aliphatic carbocycles. The number of hydrogen-bond acceptors (Lipinski definition) is 4.